The SMILES string of the molecule is CN=C(NCCCc1cnn(C)c1)N1CCN(c2ccccc2F)CC1.I. The van der Waals surface area contributed by atoms with Gasteiger partial charge in [0.05, 0.1) is 11.9 Å². The van der Waals surface area contributed by atoms with Gasteiger partial charge in [-0.05, 0) is 30.5 Å². The van der Waals surface area contributed by atoms with Gasteiger partial charge in [0.15, 0.2) is 5.96 Å². The van der Waals surface area contributed by atoms with Gasteiger partial charge in [-0.2, -0.15) is 5.10 Å². The molecule has 0 atom stereocenters. The third kappa shape index (κ3) is 5.82. The fourth-order valence-electron chi connectivity index (χ4n) is 3.29. The second kappa shape index (κ2) is 10.5. The summed E-state index contributed by atoms with van der Waals surface area (Å²) in [7, 11) is 3.75. The number of aromatic nitrogens is 2. The van der Waals surface area contributed by atoms with Crippen molar-refractivity contribution in [3.63, 3.8) is 0 Å². The van der Waals surface area contributed by atoms with Crippen LogP contribution in [-0.4, -0.2) is 60.4 Å². The fraction of sp³-hybridized carbons (Fsp3) is 0.474. The van der Waals surface area contributed by atoms with Crippen LogP contribution in [0.25, 0.3) is 0 Å². The summed E-state index contributed by atoms with van der Waals surface area (Å²) in [5.74, 6) is 0.767. The van der Waals surface area contributed by atoms with Crippen molar-refractivity contribution in [1.82, 2.24) is 20.0 Å². The van der Waals surface area contributed by atoms with Gasteiger partial charge < -0.3 is 15.1 Å². The molecular weight excluding hydrogens is 458 g/mol. The van der Waals surface area contributed by atoms with E-state index in [4.69, 9.17) is 0 Å². The van der Waals surface area contributed by atoms with E-state index in [1.54, 1.807) is 6.07 Å². The van der Waals surface area contributed by atoms with Crippen LogP contribution in [-0.2, 0) is 13.5 Å². The average molecular weight is 486 g/mol. The van der Waals surface area contributed by atoms with Crippen molar-refractivity contribution in [2.24, 2.45) is 12.0 Å². The normalized spacial score (nSPS) is 14.9. The molecule has 0 spiro atoms. The molecule has 1 aliphatic heterocycles. The van der Waals surface area contributed by atoms with Crippen molar-refractivity contribution < 1.29 is 4.39 Å². The standard InChI is InChI=1S/C19H27FN6.HI/c1-21-19(22-9-5-6-16-14-23-24(2)15-16)26-12-10-25(11-13-26)18-8-4-3-7-17(18)20;/h3-4,7-8,14-15H,5-6,9-13H2,1-2H3,(H,21,22);1H. The van der Waals surface area contributed by atoms with Crippen molar-refractivity contribution in [3.05, 3.63) is 48.0 Å². The molecule has 2 heterocycles. The second-order valence-electron chi connectivity index (χ2n) is 6.53. The lowest BCUT2D eigenvalue weighted by Gasteiger charge is -2.37. The number of piperazine rings is 1. The minimum absolute atomic E-state index is 0. The third-order valence-electron chi connectivity index (χ3n) is 4.67. The Balaban J connectivity index is 0.00000261. The van der Waals surface area contributed by atoms with Gasteiger partial charge >= 0.3 is 0 Å². The van der Waals surface area contributed by atoms with Crippen molar-refractivity contribution in [2.45, 2.75) is 12.8 Å². The molecule has 1 fully saturated rings. The van der Waals surface area contributed by atoms with Crippen LogP contribution in [0.2, 0.25) is 0 Å². The van der Waals surface area contributed by atoms with Gasteiger partial charge in [0, 0.05) is 53.0 Å². The van der Waals surface area contributed by atoms with Crippen LogP contribution < -0.4 is 10.2 Å². The minimum atomic E-state index is -0.154. The predicted molar refractivity (Wildman–Crippen MR) is 118 cm³/mol. The van der Waals surface area contributed by atoms with Crippen LogP contribution in [0.3, 0.4) is 0 Å². The maximum absolute atomic E-state index is 13.9. The van der Waals surface area contributed by atoms with Crippen LogP contribution in [0.1, 0.15) is 12.0 Å². The monoisotopic (exact) mass is 486 g/mol. The number of guanidine groups is 1. The summed E-state index contributed by atoms with van der Waals surface area (Å²) in [5.41, 5.74) is 1.94. The van der Waals surface area contributed by atoms with Crippen molar-refractivity contribution in [1.29, 1.82) is 0 Å². The van der Waals surface area contributed by atoms with E-state index in [9.17, 15) is 4.39 Å². The highest BCUT2D eigenvalue weighted by atomic mass is 127. The molecule has 0 radical (unpaired) electrons. The van der Waals surface area contributed by atoms with Gasteiger partial charge in [-0.15, -0.1) is 24.0 Å². The molecule has 0 unspecified atom stereocenters. The number of para-hydroxylation sites is 1. The molecule has 6 nitrogen and oxygen atoms in total. The average Bonchev–Trinajstić information content (AvgIpc) is 3.08. The van der Waals surface area contributed by atoms with E-state index >= 15 is 0 Å². The largest absolute Gasteiger partial charge is 0.366 e. The zero-order valence-electron chi connectivity index (χ0n) is 15.9. The van der Waals surface area contributed by atoms with Gasteiger partial charge in [-0.3, -0.25) is 9.67 Å². The molecule has 1 N–H and O–H groups in total. The molecular formula is C19H28FIN6. The summed E-state index contributed by atoms with van der Waals surface area (Å²) in [6.45, 7) is 4.11. The van der Waals surface area contributed by atoms with Crippen molar-refractivity contribution >= 4 is 35.6 Å². The topological polar surface area (TPSA) is 48.7 Å². The Morgan fingerprint density at radius 1 is 1.22 bits per heavy atom. The number of nitrogens with one attached hydrogen (secondary N) is 1. The summed E-state index contributed by atoms with van der Waals surface area (Å²) in [6.07, 6.45) is 5.99. The molecule has 27 heavy (non-hydrogen) atoms. The van der Waals surface area contributed by atoms with E-state index in [0.717, 1.165) is 51.5 Å². The molecule has 8 heteroatoms. The Kier molecular flexibility index (Phi) is 8.33. The lowest BCUT2D eigenvalue weighted by molar-refractivity contribution is 0.370. The first-order valence-electron chi connectivity index (χ1n) is 9.10. The minimum Gasteiger partial charge on any atom is -0.366 e. The number of benzene rings is 1. The lowest BCUT2D eigenvalue weighted by atomic mass is 10.2. The lowest BCUT2D eigenvalue weighted by Crippen LogP contribution is -2.52. The predicted octanol–water partition coefficient (Wildman–Crippen LogP) is 2.51. The van der Waals surface area contributed by atoms with Crippen LogP contribution in [0, 0.1) is 5.82 Å². The molecule has 1 aliphatic rings. The Hall–Kier alpha value is -1.84. The maximum atomic E-state index is 13.9. The van der Waals surface area contributed by atoms with E-state index < -0.39 is 0 Å². The van der Waals surface area contributed by atoms with Gasteiger partial charge in [0.25, 0.3) is 0 Å². The Bertz CT molecular complexity index is 739. The number of aliphatic imine (C=N–C) groups is 1. The first-order chi connectivity index (χ1) is 12.7. The summed E-state index contributed by atoms with van der Waals surface area (Å²) >= 11 is 0. The van der Waals surface area contributed by atoms with E-state index in [2.05, 4.69) is 31.4 Å². The summed E-state index contributed by atoms with van der Waals surface area (Å²) in [6, 6.07) is 6.97. The molecule has 1 saturated heterocycles. The van der Waals surface area contributed by atoms with Gasteiger partial charge in [-0.1, -0.05) is 12.1 Å². The number of hydrogen-bond acceptors (Lipinski definition) is 3. The summed E-state index contributed by atoms with van der Waals surface area (Å²) in [5, 5.41) is 7.63. The van der Waals surface area contributed by atoms with Crippen LogP contribution in [0.5, 0.6) is 0 Å². The highest BCUT2D eigenvalue weighted by Gasteiger charge is 2.21. The Morgan fingerprint density at radius 2 is 1.96 bits per heavy atom. The van der Waals surface area contributed by atoms with E-state index in [0.29, 0.717) is 5.69 Å². The van der Waals surface area contributed by atoms with Crippen molar-refractivity contribution in [2.75, 3.05) is 44.7 Å². The second-order valence-corrected chi connectivity index (χ2v) is 6.53. The quantitative estimate of drug-likeness (QED) is 0.306. The maximum Gasteiger partial charge on any atom is 0.193 e. The number of anilines is 1. The Labute approximate surface area is 177 Å². The molecule has 0 saturated carbocycles. The van der Waals surface area contributed by atoms with Crippen LogP contribution >= 0.6 is 24.0 Å². The first kappa shape index (κ1) is 21.5. The van der Waals surface area contributed by atoms with Crippen LogP contribution in [0.15, 0.2) is 41.7 Å². The van der Waals surface area contributed by atoms with Gasteiger partial charge in [-0.25, -0.2) is 4.39 Å². The summed E-state index contributed by atoms with van der Waals surface area (Å²) < 4.78 is 15.8. The van der Waals surface area contributed by atoms with E-state index in [1.807, 2.05) is 37.1 Å². The van der Waals surface area contributed by atoms with E-state index in [1.165, 1.54) is 11.6 Å². The fourth-order valence-corrected chi connectivity index (χ4v) is 3.29. The highest BCUT2D eigenvalue weighted by molar-refractivity contribution is 14.0. The Morgan fingerprint density at radius 3 is 2.59 bits per heavy atom. The van der Waals surface area contributed by atoms with Crippen molar-refractivity contribution in [3.8, 4) is 0 Å². The van der Waals surface area contributed by atoms with Gasteiger partial charge in [0.1, 0.15) is 5.82 Å². The molecule has 1 aromatic carbocycles. The number of rotatable bonds is 5. The summed E-state index contributed by atoms with van der Waals surface area (Å²) in [4.78, 5) is 8.73. The number of hydrogen-bond donors (Lipinski definition) is 1. The number of nitrogens with zero attached hydrogens (tertiary/aromatic N) is 5. The van der Waals surface area contributed by atoms with Gasteiger partial charge in [0.2, 0.25) is 0 Å². The van der Waals surface area contributed by atoms with E-state index in [-0.39, 0.29) is 29.8 Å². The highest BCUT2D eigenvalue weighted by Crippen LogP contribution is 2.20. The zero-order valence-corrected chi connectivity index (χ0v) is 18.3. The first-order valence-corrected chi connectivity index (χ1v) is 9.10. The third-order valence-corrected chi connectivity index (χ3v) is 4.67. The molecule has 3 rings (SSSR count). The molecule has 2 aromatic rings. The number of halogens is 2. The molecule has 0 amide bonds. The molecule has 1 aromatic heterocycles. The van der Waals surface area contributed by atoms with Crippen LogP contribution in [0.4, 0.5) is 10.1 Å². The smallest absolute Gasteiger partial charge is 0.193 e. The number of aryl methyl sites for hydroxylation is 2. The molecule has 0 aliphatic carbocycles. The molecule has 0 bridgehead atoms. The molecule has 148 valence electrons. The zero-order chi connectivity index (χ0) is 18.4.